The van der Waals surface area contributed by atoms with Gasteiger partial charge in [-0.2, -0.15) is 0 Å². The van der Waals surface area contributed by atoms with Crippen molar-refractivity contribution < 1.29 is 18.3 Å². The van der Waals surface area contributed by atoms with Gasteiger partial charge < -0.3 is 10.1 Å². The third-order valence-corrected chi connectivity index (χ3v) is 2.89. The van der Waals surface area contributed by atoms with Crippen LogP contribution in [0.5, 0.6) is 5.75 Å². The molecule has 0 radical (unpaired) electrons. The molecule has 0 unspecified atom stereocenters. The maximum Gasteiger partial charge on any atom is 0.262 e. The lowest BCUT2D eigenvalue weighted by Crippen LogP contribution is -2.21. The van der Waals surface area contributed by atoms with Gasteiger partial charge in [0.2, 0.25) is 0 Å². The van der Waals surface area contributed by atoms with Crippen LogP contribution < -0.4 is 10.1 Å². The second kappa shape index (κ2) is 6.47. The van der Waals surface area contributed by atoms with E-state index in [1.165, 1.54) is 6.07 Å². The van der Waals surface area contributed by atoms with E-state index < -0.39 is 23.2 Å². The predicted molar refractivity (Wildman–Crippen MR) is 74.6 cm³/mol. The van der Waals surface area contributed by atoms with E-state index in [0.29, 0.717) is 5.75 Å². The van der Waals surface area contributed by atoms with Crippen molar-refractivity contribution in [3.63, 3.8) is 0 Å². The summed E-state index contributed by atoms with van der Waals surface area (Å²) in [5.41, 5.74) is -0.477. The average molecular weight is 342 g/mol. The van der Waals surface area contributed by atoms with Crippen molar-refractivity contribution >= 4 is 27.5 Å². The highest BCUT2D eigenvalue weighted by molar-refractivity contribution is 9.10. The molecule has 0 aliphatic heterocycles. The van der Waals surface area contributed by atoms with Crippen molar-refractivity contribution in [1.82, 2.24) is 0 Å². The molecule has 20 heavy (non-hydrogen) atoms. The minimum absolute atomic E-state index is 0.343. The number of benzene rings is 2. The van der Waals surface area contributed by atoms with Crippen LogP contribution in [0.15, 0.2) is 46.9 Å². The maximum absolute atomic E-state index is 13.3. The number of carbonyl (C=O) groups excluding carboxylic acids is 1. The molecule has 1 N–H and O–H groups in total. The van der Waals surface area contributed by atoms with E-state index in [9.17, 15) is 13.6 Å². The van der Waals surface area contributed by atoms with Gasteiger partial charge in [-0.25, -0.2) is 8.78 Å². The van der Waals surface area contributed by atoms with Gasteiger partial charge in [-0.15, -0.1) is 0 Å². The number of nitrogens with one attached hydrogen (secondary N) is 1. The van der Waals surface area contributed by atoms with E-state index in [1.807, 2.05) is 6.07 Å². The lowest BCUT2D eigenvalue weighted by atomic mass is 10.3. The van der Waals surface area contributed by atoms with Crippen LogP contribution in [0.3, 0.4) is 0 Å². The third-order valence-electron chi connectivity index (χ3n) is 2.39. The van der Waals surface area contributed by atoms with Crippen LogP contribution in [0.1, 0.15) is 0 Å². The number of hydrogen-bond acceptors (Lipinski definition) is 2. The van der Waals surface area contributed by atoms with Gasteiger partial charge in [0.25, 0.3) is 5.91 Å². The minimum Gasteiger partial charge on any atom is -0.484 e. The lowest BCUT2D eigenvalue weighted by molar-refractivity contribution is -0.118. The monoisotopic (exact) mass is 341 g/mol. The molecule has 3 nitrogen and oxygen atoms in total. The van der Waals surface area contributed by atoms with Gasteiger partial charge >= 0.3 is 0 Å². The van der Waals surface area contributed by atoms with E-state index >= 15 is 0 Å². The standard InChI is InChI=1S/C14H10BrF2NO2/c15-9-3-1-4-10(7-9)20-8-13(19)18-14-11(16)5-2-6-12(14)17/h1-7H,8H2,(H,18,19). The summed E-state index contributed by atoms with van der Waals surface area (Å²) >= 11 is 3.26. The molecule has 0 heterocycles. The molecule has 0 bridgehead atoms. The fraction of sp³-hybridized carbons (Fsp3) is 0.0714. The van der Waals surface area contributed by atoms with E-state index in [4.69, 9.17) is 4.74 Å². The Morgan fingerprint density at radius 1 is 1.15 bits per heavy atom. The number of halogens is 3. The molecule has 6 heteroatoms. The summed E-state index contributed by atoms with van der Waals surface area (Å²) in [5, 5.41) is 2.14. The summed E-state index contributed by atoms with van der Waals surface area (Å²) in [6.07, 6.45) is 0. The van der Waals surface area contributed by atoms with Crippen molar-refractivity contribution in [1.29, 1.82) is 0 Å². The van der Waals surface area contributed by atoms with Gasteiger partial charge in [0.1, 0.15) is 23.1 Å². The van der Waals surface area contributed by atoms with E-state index in [2.05, 4.69) is 21.2 Å². The van der Waals surface area contributed by atoms with Crippen LogP contribution >= 0.6 is 15.9 Å². The van der Waals surface area contributed by atoms with Crippen LogP contribution in [-0.4, -0.2) is 12.5 Å². The molecule has 1 amide bonds. The van der Waals surface area contributed by atoms with Gasteiger partial charge in [0.15, 0.2) is 6.61 Å². The van der Waals surface area contributed by atoms with Crippen molar-refractivity contribution in [3.05, 3.63) is 58.6 Å². The van der Waals surface area contributed by atoms with E-state index in [1.54, 1.807) is 18.2 Å². The van der Waals surface area contributed by atoms with Crippen LogP contribution in [0.2, 0.25) is 0 Å². The fourth-order valence-corrected chi connectivity index (χ4v) is 1.88. The normalized spacial score (nSPS) is 10.2. The zero-order chi connectivity index (χ0) is 14.5. The molecule has 2 rings (SSSR count). The Morgan fingerprint density at radius 2 is 1.80 bits per heavy atom. The van der Waals surface area contributed by atoms with Crippen LogP contribution in [0.4, 0.5) is 14.5 Å². The predicted octanol–water partition coefficient (Wildman–Crippen LogP) is 3.74. The van der Waals surface area contributed by atoms with Crippen LogP contribution in [-0.2, 0) is 4.79 Å². The smallest absolute Gasteiger partial charge is 0.262 e. The van der Waals surface area contributed by atoms with Crippen molar-refractivity contribution in [2.75, 3.05) is 11.9 Å². The summed E-state index contributed by atoms with van der Waals surface area (Å²) in [6.45, 7) is -0.343. The summed E-state index contributed by atoms with van der Waals surface area (Å²) in [5.74, 6) is -1.83. The number of rotatable bonds is 4. The molecule has 0 fully saturated rings. The van der Waals surface area contributed by atoms with E-state index in [0.717, 1.165) is 16.6 Å². The maximum atomic E-state index is 13.3. The first-order valence-electron chi connectivity index (χ1n) is 5.68. The molecule has 2 aromatic rings. The quantitative estimate of drug-likeness (QED) is 0.919. The Bertz CT molecular complexity index is 614. The van der Waals surface area contributed by atoms with Gasteiger partial charge in [-0.05, 0) is 30.3 Å². The summed E-state index contributed by atoms with van der Waals surface area (Å²) in [4.78, 5) is 11.6. The van der Waals surface area contributed by atoms with Crippen LogP contribution in [0, 0.1) is 11.6 Å². The average Bonchev–Trinajstić information content (AvgIpc) is 2.41. The molecular formula is C14H10BrF2NO2. The minimum atomic E-state index is -0.833. The highest BCUT2D eigenvalue weighted by Gasteiger charge is 2.12. The highest BCUT2D eigenvalue weighted by Crippen LogP contribution is 2.19. The molecule has 0 aliphatic rings. The molecule has 0 atom stereocenters. The second-order valence-corrected chi connectivity index (χ2v) is 4.81. The molecule has 104 valence electrons. The molecule has 0 saturated heterocycles. The third kappa shape index (κ3) is 3.77. The van der Waals surface area contributed by atoms with Gasteiger partial charge in [-0.1, -0.05) is 28.1 Å². The number of ether oxygens (including phenoxy) is 1. The lowest BCUT2D eigenvalue weighted by Gasteiger charge is -2.09. The van der Waals surface area contributed by atoms with Crippen molar-refractivity contribution in [3.8, 4) is 5.75 Å². The number of anilines is 1. The molecule has 0 aromatic heterocycles. The largest absolute Gasteiger partial charge is 0.484 e. The number of hydrogen-bond donors (Lipinski definition) is 1. The Kier molecular flexibility index (Phi) is 4.68. The van der Waals surface area contributed by atoms with Gasteiger partial charge in [-0.3, -0.25) is 4.79 Å². The van der Waals surface area contributed by atoms with Crippen LogP contribution in [0.25, 0.3) is 0 Å². The topological polar surface area (TPSA) is 38.3 Å². The Labute approximate surface area is 122 Å². The Balaban J connectivity index is 1.96. The summed E-state index contributed by atoms with van der Waals surface area (Å²) in [7, 11) is 0. The van der Waals surface area contributed by atoms with Crippen molar-refractivity contribution in [2.45, 2.75) is 0 Å². The zero-order valence-corrected chi connectivity index (χ0v) is 11.8. The molecule has 0 aliphatic carbocycles. The highest BCUT2D eigenvalue weighted by atomic mass is 79.9. The second-order valence-electron chi connectivity index (χ2n) is 3.89. The molecule has 0 spiro atoms. The first-order chi connectivity index (χ1) is 9.56. The summed E-state index contributed by atoms with van der Waals surface area (Å²) in [6, 6.07) is 10.2. The summed E-state index contributed by atoms with van der Waals surface area (Å²) < 4.78 is 32.7. The molecule has 0 saturated carbocycles. The number of amides is 1. The Hall–Kier alpha value is -1.95. The van der Waals surface area contributed by atoms with Gasteiger partial charge in [0.05, 0.1) is 0 Å². The zero-order valence-electron chi connectivity index (χ0n) is 10.2. The SMILES string of the molecule is O=C(COc1cccc(Br)c1)Nc1c(F)cccc1F. The molecular weight excluding hydrogens is 332 g/mol. The Morgan fingerprint density at radius 3 is 2.45 bits per heavy atom. The van der Waals surface area contributed by atoms with Gasteiger partial charge in [0, 0.05) is 4.47 Å². The fourth-order valence-electron chi connectivity index (χ4n) is 1.50. The number of carbonyl (C=O) groups is 1. The molecule has 2 aromatic carbocycles. The number of para-hydroxylation sites is 1. The first kappa shape index (κ1) is 14.5. The van der Waals surface area contributed by atoms with E-state index in [-0.39, 0.29) is 6.61 Å². The van der Waals surface area contributed by atoms with Crippen molar-refractivity contribution in [2.24, 2.45) is 0 Å². The first-order valence-corrected chi connectivity index (χ1v) is 6.48.